The highest BCUT2D eigenvalue weighted by molar-refractivity contribution is 6.27. The molecule has 3 aliphatic rings. The maximum Gasteiger partial charge on any atom is 0.414 e. The molecule has 0 aromatic heterocycles. The van der Waals surface area contributed by atoms with Gasteiger partial charge >= 0.3 is 23.9 Å². The lowest BCUT2D eigenvalue weighted by atomic mass is 9.73. The number of carbonyl (C=O) groups excluding carboxylic acids is 2. The summed E-state index contributed by atoms with van der Waals surface area (Å²) in [5, 5.41) is 24.1. The molecular weight excluding hydrogens is 360 g/mol. The van der Waals surface area contributed by atoms with Gasteiger partial charge in [0.1, 0.15) is 0 Å². The number of nitriles is 1. The van der Waals surface area contributed by atoms with E-state index in [-0.39, 0.29) is 29.8 Å². The van der Waals surface area contributed by atoms with Crippen LogP contribution in [-0.2, 0) is 28.7 Å². The second-order valence-electron chi connectivity index (χ2n) is 6.09. The van der Waals surface area contributed by atoms with Gasteiger partial charge in [0, 0.05) is 18.5 Å². The predicted molar refractivity (Wildman–Crippen MR) is 89.2 cm³/mol. The minimum Gasteiger partial charge on any atom is -0.473 e. The van der Waals surface area contributed by atoms with Crippen molar-refractivity contribution in [2.45, 2.75) is 25.3 Å². The SMILES string of the molecule is COC(=O)CCCN1CC2C=C(C#N)C1C(C(=O)OC)C2.O=C(O)C(=O)O. The molecule has 2 heterocycles. The number of piperidine rings is 1. The first-order valence-corrected chi connectivity index (χ1v) is 8.21. The van der Waals surface area contributed by atoms with Crippen molar-refractivity contribution >= 4 is 23.9 Å². The molecule has 0 spiro atoms. The summed E-state index contributed by atoms with van der Waals surface area (Å²) in [5.41, 5.74) is 0.644. The van der Waals surface area contributed by atoms with Gasteiger partial charge in [0.2, 0.25) is 0 Å². The van der Waals surface area contributed by atoms with Crippen molar-refractivity contribution in [3.8, 4) is 6.07 Å². The third-order valence-electron chi connectivity index (χ3n) is 4.40. The number of fused-ring (bicyclic) bond motifs is 2. The zero-order chi connectivity index (χ0) is 20.6. The summed E-state index contributed by atoms with van der Waals surface area (Å²) in [4.78, 5) is 43.4. The van der Waals surface area contributed by atoms with Gasteiger partial charge in [-0.2, -0.15) is 5.26 Å². The van der Waals surface area contributed by atoms with Gasteiger partial charge in [0.15, 0.2) is 0 Å². The highest BCUT2D eigenvalue weighted by Gasteiger charge is 2.45. The number of carbonyl (C=O) groups is 4. The maximum atomic E-state index is 11.9. The Morgan fingerprint density at radius 3 is 2.33 bits per heavy atom. The molecule has 2 aliphatic heterocycles. The number of rotatable bonds is 5. The second kappa shape index (κ2) is 10.3. The number of hydrogen-bond acceptors (Lipinski definition) is 8. The van der Waals surface area contributed by atoms with E-state index in [1.54, 1.807) is 0 Å². The Balaban J connectivity index is 0.000000527. The van der Waals surface area contributed by atoms with E-state index >= 15 is 0 Å². The first-order valence-electron chi connectivity index (χ1n) is 8.21. The molecule has 2 bridgehead atoms. The number of nitrogens with zero attached hydrogens (tertiary/aromatic N) is 2. The Morgan fingerprint density at radius 2 is 1.85 bits per heavy atom. The van der Waals surface area contributed by atoms with Crippen LogP contribution < -0.4 is 0 Å². The van der Waals surface area contributed by atoms with Crippen LogP contribution in [0.2, 0.25) is 0 Å². The van der Waals surface area contributed by atoms with E-state index in [0.717, 1.165) is 13.0 Å². The number of hydrogen-bond donors (Lipinski definition) is 2. The number of carboxylic acid groups (broad SMARTS) is 2. The third-order valence-corrected chi connectivity index (χ3v) is 4.40. The third kappa shape index (κ3) is 6.07. The van der Waals surface area contributed by atoms with Gasteiger partial charge in [-0.05, 0) is 25.3 Å². The number of aliphatic carboxylic acids is 2. The highest BCUT2D eigenvalue weighted by Crippen LogP contribution is 2.39. The molecule has 0 radical (unpaired) electrons. The summed E-state index contributed by atoms with van der Waals surface area (Å²) in [5.74, 6) is -4.23. The number of ether oxygens (including phenoxy) is 2. The van der Waals surface area contributed by atoms with Crippen LogP contribution in [0.15, 0.2) is 11.6 Å². The van der Waals surface area contributed by atoms with Crippen LogP contribution in [-0.4, -0.2) is 72.3 Å². The Labute approximate surface area is 155 Å². The first-order chi connectivity index (χ1) is 12.7. The van der Waals surface area contributed by atoms with Crippen molar-refractivity contribution in [2.24, 2.45) is 11.8 Å². The standard InChI is InChI=1S/C15H20N2O4.C2H2O4/c1-20-13(18)4-3-5-17-9-10-6-11(8-16)14(17)12(7-10)15(19)21-2;3-1(4)2(5)6/h6,10,12,14H,3-5,7,9H2,1-2H3;(H,3,4)(H,5,6). The first kappa shape index (κ1) is 22.1. The Kier molecular flexibility index (Phi) is 8.41. The number of methoxy groups -OCH3 is 2. The Bertz CT molecular complexity index is 654. The fraction of sp³-hybridized carbons (Fsp3) is 0.588. The molecular formula is C17H22N2O8. The van der Waals surface area contributed by atoms with Crippen LogP contribution in [0.4, 0.5) is 0 Å². The Hall–Kier alpha value is -2.93. The minimum absolute atomic E-state index is 0.201. The van der Waals surface area contributed by atoms with Crippen LogP contribution in [0.25, 0.3) is 0 Å². The van der Waals surface area contributed by atoms with Crippen LogP contribution >= 0.6 is 0 Å². The van der Waals surface area contributed by atoms with E-state index in [0.29, 0.717) is 25.0 Å². The van der Waals surface area contributed by atoms with Gasteiger partial charge in [-0.25, -0.2) is 9.59 Å². The summed E-state index contributed by atoms with van der Waals surface area (Å²) >= 11 is 0. The van der Waals surface area contributed by atoms with Crippen molar-refractivity contribution in [1.29, 1.82) is 5.26 Å². The zero-order valence-electron chi connectivity index (χ0n) is 15.1. The van der Waals surface area contributed by atoms with Crippen molar-refractivity contribution in [2.75, 3.05) is 27.3 Å². The molecule has 1 saturated heterocycles. The quantitative estimate of drug-likeness (QED) is 0.492. The van der Waals surface area contributed by atoms with Gasteiger partial charge in [0.25, 0.3) is 0 Å². The molecule has 1 aliphatic carbocycles. The van der Waals surface area contributed by atoms with Crippen molar-refractivity contribution < 1.29 is 38.9 Å². The van der Waals surface area contributed by atoms with Crippen LogP contribution in [0.1, 0.15) is 19.3 Å². The second-order valence-corrected chi connectivity index (χ2v) is 6.09. The average Bonchev–Trinajstić information content (AvgIpc) is 2.67. The molecule has 10 heteroatoms. The molecule has 3 rings (SSSR count). The van der Waals surface area contributed by atoms with E-state index in [1.807, 2.05) is 6.08 Å². The summed E-state index contributed by atoms with van der Waals surface area (Å²) in [6.07, 6.45) is 3.71. The van der Waals surface area contributed by atoms with E-state index in [9.17, 15) is 14.9 Å². The zero-order valence-corrected chi connectivity index (χ0v) is 15.1. The summed E-state index contributed by atoms with van der Waals surface area (Å²) in [6, 6.07) is 1.99. The van der Waals surface area contributed by atoms with Gasteiger partial charge in [-0.1, -0.05) is 6.08 Å². The summed E-state index contributed by atoms with van der Waals surface area (Å²) in [7, 11) is 2.75. The molecule has 0 amide bonds. The molecule has 1 fully saturated rings. The normalized spacial score (nSPS) is 23.1. The smallest absolute Gasteiger partial charge is 0.414 e. The van der Waals surface area contributed by atoms with E-state index in [4.69, 9.17) is 24.5 Å². The van der Waals surface area contributed by atoms with Crippen LogP contribution in [0, 0.1) is 23.2 Å². The van der Waals surface area contributed by atoms with Gasteiger partial charge in [-0.3, -0.25) is 14.5 Å². The molecule has 0 saturated carbocycles. The number of carboxylic acids is 2. The summed E-state index contributed by atoms with van der Waals surface area (Å²) in [6.45, 7) is 1.49. The molecule has 148 valence electrons. The molecule has 10 nitrogen and oxygen atoms in total. The van der Waals surface area contributed by atoms with E-state index in [2.05, 4.69) is 15.7 Å². The van der Waals surface area contributed by atoms with Crippen LogP contribution in [0.5, 0.6) is 0 Å². The monoisotopic (exact) mass is 382 g/mol. The molecule has 27 heavy (non-hydrogen) atoms. The average molecular weight is 382 g/mol. The topological polar surface area (TPSA) is 154 Å². The Morgan fingerprint density at radius 1 is 1.22 bits per heavy atom. The molecule has 3 atom stereocenters. The fourth-order valence-corrected chi connectivity index (χ4v) is 3.32. The van der Waals surface area contributed by atoms with Gasteiger partial charge in [0.05, 0.1) is 32.2 Å². The lowest BCUT2D eigenvalue weighted by molar-refractivity contribution is -0.159. The largest absolute Gasteiger partial charge is 0.473 e. The molecule has 0 aromatic carbocycles. The summed E-state index contributed by atoms with van der Waals surface area (Å²) < 4.78 is 9.49. The minimum atomic E-state index is -1.82. The highest BCUT2D eigenvalue weighted by atomic mass is 16.5. The predicted octanol–water partition coefficient (Wildman–Crippen LogP) is 0.0385. The van der Waals surface area contributed by atoms with Crippen molar-refractivity contribution in [3.05, 3.63) is 11.6 Å². The lowest BCUT2D eigenvalue weighted by Gasteiger charge is -2.46. The van der Waals surface area contributed by atoms with Crippen molar-refractivity contribution in [1.82, 2.24) is 4.90 Å². The van der Waals surface area contributed by atoms with Gasteiger partial charge < -0.3 is 19.7 Å². The maximum absolute atomic E-state index is 11.9. The molecule has 0 aromatic rings. The molecule has 2 N–H and O–H groups in total. The van der Waals surface area contributed by atoms with Crippen LogP contribution in [0.3, 0.4) is 0 Å². The lowest BCUT2D eigenvalue weighted by Crippen LogP contribution is -2.55. The van der Waals surface area contributed by atoms with E-state index < -0.39 is 11.9 Å². The van der Waals surface area contributed by atoms with Crippen molar-refractivity contribution in [3.63, 3.8) is 0 Å². The van der Waals surface area contributed by atoms with Gasteiger partial charge in [-0.15, -0.1) is 0 Å². The fourth-order valence-electron chi connectivity index (χ4n) is 3.32. The molecule has 3 unspecified atom stereocenters. The van der Waals surface area contributed by atoms with E-state index in [1.165, 1.54) is 14.2 Å². The number of esters is 2.